The first-order valence-corrected chi connectivity index (χ1v) is 8.03. The van der Waals surface area contributed by atoms with E-state index in [1.807, 2.05) is 61.5 Å². The van der Waals surface area contributed by atoms with Crippen molar-refractivity contribution in [1.29, 1.82) is 0 Å². The number of benzene rings is 2. The number of para-hydroxylation sites is 1. The number of hydrogen-bond donors (Lipinski definition) is 2. The number of amides is 1. The van der Waals surface area contributed by atoms with Gasteiger partial charge in [-0.05, 0) is 18.6 Å². The maximum absolute atomic E-state index is 13.3. The Kier molecular flexibility index (Phi) is 3.78. The first kappa shape index (κ1) is 15.1. The van der Waals surface area contributed by atoms with Crippen LogP contribution in [-0.4, -0.2) is 26.1 Å². The molecule has 0 fully saturated rings. The fourth-order valence-corrected chi connectivity index (χ4v) is 2.89. The predicted molar refractivity (Wildman–Crippen MR) is 96.4 cm³/mol. The Bertz CT molecular complexity index is 1020. The third kappa shape index (κ3) is 2.78. The van der Waals surface area contributed by atoms with E-state index in [1.165, 1.54) is 0 Å². The molecule has 2 N–H and O–H groups in total. The zero-order chi connectivity index (χ0) is 17.2. The van der Waals surface area contributed by atoms with Crippen LogP contribution in [0.25, 0.3) is 10.9 Å². The molecule has 0 unspecified atom stereocenters. The smallest absolute Gasteiger partial charge is 0.280 e. The second-order valence-electron chi connectivity index (χ2n) is 5.85. The van der Waals surface area contributed by atoms with Crippen LogP contribution in [-0.2, 0) is 6.54 Å². The molecule has 0 atom stereocenters. The summed E-state index contributed by atoms with van der Waals surface area (Å²) in [6, 6.07) is 17.5. The Morgan fingerprint density at radius 1 is 1.08 bits per heavy atom. The number of hydrogen-bond acceptors (Lipinski definition) is 3. The highest BCUT2D eigenvalue weighted by Gasteiger charge is 2.25. The summed E-state index contributed by atoms with van der Waals surface area (Å²) in [7, 11) is 0. The van der Waals surface area contributed by atoms with Gasteiger partial charge in [-0.2, -0.15) is 5.10 Å². The van der Waals surface area contributed by atoms with Gasteiger partial charge in [0, 0.05) is 5.39 Å². The second-order valence-corrected chi connectivity index (χ2v) is 5.85. The van der Waals surface area contributed by atoms with Crippen molar-refractivity contribution in [3.05, 3.63) is 77.9 Å². The van der Waals surface area contributed by atoms with Crippen LogP contribution >= 0.6 is 0 Å². The third-order valence-electron chi connectivity index (χ3n) is 4.16. The number of aromatic nitrogens is 4. The monoisotopic (exact) mass is 331 g/mol. The van der Waals surface area contributed by atoms with Gasteiger partial charge in [-0.1, -0.05) is 48.5 Å². The van der Waals surface area contributed by atoms with Gasteiger partial charge in [-0.25, -0.2) is 4.98 Å². The van der Waals surface area contributed by atoms with Crippen molar-refractivity contribution in [2.24, 2.45) is 0 Å². The summed E-state index contributed by atoms with van der Waals surface area (Å²) in [5, 5.41) is 7.97. The Hall–Kier alpha value is -3.41. The fraction of sp³-hybridized carbons (Fsp3) is 0.105. The second kappa shape index (κ2) is 6.24. The average Bonchev–Trinajstić information content (AvgIpc) is 3.26. The van der Waals surface area contributed by atoms with E-state index in [1.54, 1.807) is 11.2 Å². The van der Waals surface area contributed by atoms with E-state index in [0.717, 1.165) is 22.2 Å². The van der Waals surface area contributed by atoms with Gasteiger partial charge in [0.15, 0.2) is 11.5 Å². The van der Waals surface area contributed by atoms with E-state index in [0.29, 0.717) is 18.1 Å². The van der Waals surface area contributed by atoms with E-state index in [9.17, 15) is 4.79 Å². The number of H-pyrrole nitrogens is 2. The summed E-state index contributed by atoms with van der Waals surface area (Å²) in [5.74, 6) is 0.428. The summed E-state index contributed by atoms with van der Waals surface area (Å²) in [6.45, 7) is 2.32. The number of carbonyl (C=O) groups excluding carboxylic acids is 1. The maximum atomic E-state index is 13.3. The molecule has 0 spiro atoms. The van der Waals surface area contributed by atoms with Crippen molar-refractivity contribution in [2.75, 3.05) is 4.90 Å². The molecule has 6 heteroatoms. The SMILES string of the molecule is Cc1[nH]cnc1N(Cc1ccccc1)C(=O)c1n[nH]c2ccccc12. The molecule has 2 aromatic heterocycles. The zero-order valence-corrected chi connectivity index (χ0v) is 13.7. The summed E-state index contributed by atoms with van der Waals surface area (Å²) in [6.07, 6.45) is 1.60. The molecule has 0 saturated carbocycles. The van der Waals surface area contributed by atoms with Crippen LogP contribution in [0.2, 0.25) is 0 Å². The molecule has 0 aliphatic rings. The van der Waals surface area contributed by atoms with Crippen molar-refractivity contribution in [3.8, 4) is 0 Å². The third-order valence-corrected chi connectivity index (χ3v) is 4.16. The molecule has 4 rings (SSSR count). The first-order chi connectivity index (χ1) is 12.2. The van der Waals surface area contributed by atoms with Crippen LogP contribution in [0.1, 0.15) is 21.7 Å². The molecule has 2 heterocycles. The van der Waals surface area contributed by atoms with Gasteiger partial charge in [0.25, 0.3) is 5.91 Å². The quantitative estimate of drug-likeness (QED) is 0.601. The largest absolute Gasteiger partial charge is 0.347 e. The van der Waals surface area contributed by atoms with Crippen molar-refractivity contribution in [2.45, 2.75) is 13.5 Å². The summed E-state index contributed by atoms with van der Waals surface area (Å²) in [4.78, 5) is 22.3. The minimum atomic E-state index is -0.184. The number of imidazole rings is 1. The first-order valence-electron chi connectivity index (χ1n) is 8.03. The van der Waals surface area contributed by atoms with Crippen LogP contribution < -0.4 is 4.90 Å². The molecule has 2 aromatic carbocycles. The Balaban J connectivity index is 1.77. The van der Waals surface area contributed by atoms with Crippen LogP contribution in [0.5, 0.6) is 0 Å². The molecule has 6 nitrogen and oxygen atoms in total. The normalized spacial score (nSPS) is 10.9. The number of nitrogens with one attached hydrogen (secondary N) is 2. The lowest BCUT2D eigenvalue weighted by Gasteiger charge is -2.20. The predicted octanol–water partition coefficient (Wildman–Crippen LogP) is 3.44. The lowest BCUT2D eigenvalue weighted by atomic mass is 10.1. The topological polar surface area (TPSA) is 77.7 Å². The molecular formula is C19H17N5O. The number of nitrogens with zero attached hydrogens (tertiary/aromatic N) is 3. The molecule has 124 valence electrons. The highest BCUT2D eigenvalue weighted by atomic mass is 16.2. The average molecular weight is 331 g/mol. The van der Waals surface area contributed by atoms with Crippen molar-refractivity contribution in [1.82, 2.24) is 20.2 Å². The Labute approximate surface area is 144 Å². The number of carbonyl (C=O) groups is 1. The van der Waals surface area contributed by atoms with Crippen LogP contribution in [0, 0.1) is 6.92 Å². The molecule has 0 bridgehead atoms. The highest BCUT2D eigenvalue weighted by Crippen LogP contribution is 2.23. The minimum absolute atomic E-state index is 0.184. The van der Waals surface area contributed by atoms with E-state index in [2.05, 4.69) is 20.2 Å². The van der Waals surface area contributed by atoms with E-state index in [4.69, 9.17) is 0 Å². The molecule has 1 amide bonds. The number of anilines is 1. The zero-order valence-electron chi connectivity index (χ0n) is 13.7. The molecule has 0 saturated heterocycles. The van der Waals surface area contributed by atoms with Crippen LogP contribution in [0.3, 0.4) is 0 Å². The summed E-state index contributed by atoms with van der Waals surface area (Å²) < 4.78 is 0. The Morgan fingerprint density at radius 2 is 1.84 bits per heavy atom. The maximum Gasteiger partial charge on any atom is 0.280 e. The molecule has 4 aromatic rings. The van der Waals surface area contributed by atoms with E-state index < -0.39 is 0 Å². The van der Waals surface area contributed by atoms with E-state index in [-0.39, 0.29) is 5.91 Å². The molecule has 25 heavy (non-hydrogen) atoms. The summed E-state index contributed by atoms with van der Waals surface area (Å²) in [5.41, 5.74) is 3.10. The van der Waals surface area contributed by atoms with Gasteiger partial charge in [-0.15, -0.1) is 0 Å². The number of fused-ring (bicyclic) bond motifs is 1. The number of aryl methyl sites for hydroxylation is 1. The van der Waals surface area contributed by atoms with Gasteiger partial charge >= 0.3 is 0 Å². The number of aromatic amines is 2. The highest BCUT2D eigenvalue weighted by molar-refractivity contribution is 6.12. The molecule has 0 aliphatic heterocycles. The van der Waals surface area contributed by atoms with Crippen LogP contribution in [0.15, 0.2) is 60.9 Å². The summed E-state index contributed by atoms with van der Waals surface area (Å²) >= 11 is 0. The Morgan fingerprint density at radius 3 is 2.60 bits per heavy atom. The van der Waals surface area contributed by atoms with Gasteiger partial charge in [0.2, 0.25) is 0 Å². The van der Waals surface area contributed by atoms with E-state index >= 15 is 0 Å². The van der Waals surface area contributed by atoms with Crippen molar-refractivity contribution in [3.63, 3.8) is 0 Å². The lowest BCUT2D eigenvalue weighted by Crippen LogP contribution is -2.31. The number of rotatable bonds is 4. The van der Waals surface area contributed by atoms with Crippen molar-refractivity contribution < 1.29 is 4.79 Å². The molecule has 0 radical (unpaired) electrons. The fourth-order valence-electron chi connectivity index (χ4n) is 2.89. The van der Waals surface area contributed by atoms with Crippen molar-refractivity contribution >= 4 is 22.6 Å². The minimum Gasteiger partial charge on any atom is -0.347 e. The van der Waals surface area contributed by atoms with Gasteiger partial charge in [0.05, 0.1) is 24.1 Å². The molecule has 0 aliphatic carbocycles. The van der Waals surface area contributed by atoms with Gasteiger partial charge < -0.3 is 4.98 Å². The standard InChI is InChI=1S/C19H17N5O/c1-13-18(21-12-20-13)24(11-14-7-3-2-4-8-14)19(25)17-15-9-5-6-10-16(15)22-23-17/h2-10,12H,11H2,1H3,(H,20,21)(H,22,23). The van der Waals surface area contributed by atoms with Gasteiger partial charge in [0.1, 0.15) is 0 Å². The molecular weight excluding hydrogens is 314 g/mol. The van der Waals surface area contributed by atoms with Gasteiger partial charge in [-0.3, -0.25) is 14.8 Å². The van der Waals surface area contributed by atoms with Crippen LogP contribution in [0.4, 0.5) is 5.82 Å². The lowest BCUT2D eigenvalue weighted by molar-refractivity contribution is 0.0981.